The molecule has 0 aliphatic rings. The van der Waals surface area contributed by atoms with E-state index in [0.29, 0.717) is 13.0 Å². The number of Topliss-reactive ketones (excluding diaryl/α,β-unsaturated/α-hetero) is 1. The molecular formula is C7H15NO2. The summed E-state index contributed by atoms with van der Waals surface area (Å²) in [7, 11) is 1.89. The first-order chi connectivity index (χ1) is 4.66. The molecule has 0 fully saturated rings. The van der Waals surface area contributed by atoms with Crippen LogP contribution in [0.4, 0.5) is 0 Å². The number of nitrogens with zero attached hydrogens (tertiary/aromatic N) is 1. The zero-order valence-corrected chi connectivity index (χ0v) is 6.63. The van der Waals surface area contributed by atoms with Crippen molar-refractivity contribution in [2.75, 3.05) is 26.7 Å². The molecule has 0 aromatic heterocycles. The number of carbonyl (C=O) groups excluding carboxylic acids is 1. The number of aliphatic hydroxyl groups excluding tert-OH is 1. The molecule has 0 radical (unpaired) electrons. The minimum absolute atomic E-state index is 0.161. The third-order valence-electron chi connectivity index (χ3n) is 1.33. The van der Waals surface area contributed by atoms with Crippen LogP contribution in [-0.2, 0) is 4.79 Å². The van der Waals surface area contributed by atoms with Gasteiger partial charge in [0.1, 0.15) is 5.78 Å². The Balaban J connectivity index is 3.21. The van der Waals surface area contributed by atoms with Crippen molar-refractivity contribution in [3.63, 3.8) is 0 Å². The number of carbonyl (C=O) groups is 1. The second kappa shape index (κ2) is 5.38. The predicted octanol–water partition coefficient (Wildman–Crippen LogP) is -0.110. The Morgan fingerprint density at radius 3 is 2.50 bits per heavy atom. The zero-order chi connectivity index (χ0) is 7.98. The van der Waals surface area contributed by atoms with Crippen molar-refractivity contribution in [1.29, 1.82) is 0 Å². The summed E-state index contributed by atoms with van der Waals surface area (Å²) in [5.41, 5.74) is 0. The summed E-state index contributed by atoms with van der Waals surface area (Å²) >= 11 is 0. The average molecular weight is 145 g/mol. The van der Waals surface area contributed by atoms with Gasteiger partial charge in [0.05, 0.1) is 6.61 Å². The smallest absolute Gasteiger partial charge is 0.131 e. The number of aliphatic hydroxyl groups is 1. The van der Waals surface area contributed by atoms with E-state index < -0.39 is 0 Å². The first-order valence-corrected chi connectivity index (χ1v) is 3.45. The molecule has 60 valence electrons. The minimum atomic E-state index is 0.161. The Hall–Kier alpha value is -0.410. The Bertz CT molecular complexity index is 104. The molecule has 3 nitrogen and oxygen atoms in total. The van der Waals surface area contributed by atoms with E-state index in [0.717, 1.165) is 6.54 Å². The number of likely N-dealkylation sites (N-methyl/N-ethyl adjacent to an activating group) is 1. The molecule has 0 unspecified atom stereocenters. The third kappa shape index (κ3) is 5.72. The van der Waals surface area contributed by atoms with Gasteiger partial charge < -0.3 is 10.0 Å². The van der Waals surface area contributed by atoms with Crippen LogP contribution < -0.4 is 0 Å². The van der Waals surface area contributed by atoms with Gasteiger partial charge in [0.15, 0.2) is 0 Å². The highest BCUT2D eigenvalue weighted by molar-refractivity contribution is 5.75. The number of hydrogen-bond acceptors (Lipinski definition) is 3. The van der Waals surface area contributed by atoms with E-state index in [1.807, 2.05) is 11.9 Å². The topological polar surface area (TPSA) is 40.5 Å². The molecule has 0 aromatic rings. The van der Waals surface area contributed by atoms with E-state index >= 15 is 0 Å². The van der Waals surface area contributed by atoms with Gasteiger partial charge in [-0.15, -0.1) is 0 Å². The molecule has 0 rings (SSSR count). The van der Waals surface area contributed by atoms with Crippen molar-refractivity contribution in [1.82, 2.24) is 4.90 Å². The van der Waals surface area contributed by atoms with Crippen molar-refractivity contribution in [3.05, 3.63) is 0 Å². The van der Waals surface area contributed by atoms with Crippen LogP contribution in [0.15, 0.2) is 0 Å². The van der Waals surface area contributed by atoms with Gasteiger partial charge in [0, 0.05) is 19.5 Å². The summed E-state index contributed by atoms with van der Waals surface area (Å²) < 4.78 is 0. The maximum absolute atomic E-state index is 10.5. The Morgan fingerprint density at radius 2 is 2.10 bits per heavy atom. The standard InChI is InChI=1S/C7H15NO2/c1-7(10)3-4-8(2)5-6-9/h9H,3-6H2,1-2H3. The largest absolute Gasteiger partial charge is 0.395 e. The highest BCUT2D eigenvalue weighted by Gasteiger charge is 1.97. The molecule has 0 aromatic carbocycles. The van der Waals surface area contributed by atoms with Gasteiger partial charge in [-0.3, -0.25) is 4.79 Å². The van der Waals surface area contributed by atoms with Crippen LogP contribution in [0.25, 0.3) is 0 Å². The SMILES string of the molecule is CC(=O)CCN(C)CCO. The van der Waals surface area contributed by atoms with Crippen molar-refractivity contribution in [2.24, 2.45) is 0 Å². The fraction of sp³-hybridized carbons (Fsp3) is 0.857. The fourth-order valence-corrected chi connectivity index (χ4v) is 0.631. The highest BCUT2D eigenvalue weighted by atomic mass is 16.3. The number of rotatable bonds is 5. The maximum atomic E-state index is 10.5. The van der Waals surface area contributed by atoms with Crippen LogP contribution in [0.5, 0.6) is 0 Å². The summed E-state index contributed by atoms with van der Waals surface area (Å²) in [5, 5.41) is 8.48. The molecule has 0 atom stereocenters. The monoisotopic (exact) mass is 145 g/mol. The molecule has 0 bridgehead atoms. The van der Waals surface area contributed by atoms with Gasteiger partial charge in [-0.2, -0.15) is 0 Å². The molecule has 0 saturated carbocycles. The van der Waals surface area contributed by atoms with Crippen molar-refractivity contribution >= 4 is 5.78 Å². The molecule has 0 spiro atoms. The quantitative estimate of drug-likeness (QED) is 0.587. The predicted molar refractivity (Wildman–Crippen MR) is 39.9 cm³/mol. The summed E-state index contributed by atoms with van der Waals surface area (Å²) in [4.78, 5) is 12.4. The van der Waals surface area contributed by atoms with E-state index in [-0.39, 0.29) is 12.4 Å². The average Bonchev–Trinajstić information content (AvgIpc) is 1.85. The van der Waals surface area contributed by atoms with E-state index in [1.165, 1.54) is 0 Å². The van der Waals surface area contributed by atoms with Gasteiger partial charge in [-0.25, -0.2) is 0 Å². The minimum Gasteiger partial charge on any atom is -0.395 e. The fourth-order valence-electron chi connectivity index (χ4n) is 0.631. The van der Waals surface area contributed by atoms with Crippen LogP contribution in [0.3, 0.4) is 0 Å². The summed E-state index contributed by atoms with van der Waals surface area (Å²) in [6.45, 7) is 3.13. The summed E-state index contributed by atoms with van der Waals surface area (Å²) in [6.07, 6.45) is 0.580. The molecule has 1 N–H and O–H groups in total. The summed E-state index contributed by atoms with van der Waals surface area (Å²) in [5.74, 6) is 0.199. The molecular weight excluding hydrogens is 130 g/mol. The van der Waals surface area contributed by atoms with E-state index in [2.05, 4.69) is 0 Å². The molecule has 0 amide bonds. The Morgan fingerprint density at radius 1 is 1.50 bits per heavy atom. The lowest BCUT2D eigenvalue weighted by atomic mass is 10.3. The van der Waals surface area contributed by atoms with Gasteiger partial charge in [0.2, 0.25) is 0 Å². The molecule has 0 aliphatic carbocycles. The normalized spacial score (nSPS) is 10.4. The molecule has 10 heavy (non-hydrogen) atoms. The molecule has 0 saturated heterocycles. The van der Waals surface area contributed by atoms with E-state index in [9.17, 15) is 4.79 Å². The third-order valence-corrected chi connectivity index (χ3v) is 1.33. The zero-order valence-electron chi connectivity index (χ0n) is 6.63. The van der Waals surface area contributed by atoms with Crippen LogP contribution in [-0.4, -0.2) is 42.5 Å². The molecule has 3 heteroatoms. The lowest BCUT2D eigenvalue weighted by Gasteiger charge is -2.12. The van der Waals surface area contributed by atoms with Crippen LogP contribution in [0.1, 0.15) is 13.3 Å². The number of ketones is 1. The van der Waals surface area contributed by atoms with Gasteiger partial charge in [0.25, 0.3) is 0 Å². The van der Waals surface area contributed by atoms with Crippen LogP contribution in [0.2, 0.25) is 0 Å². The maximum Gasteiger partial charge on any atom is 0.131 e. The Labute approximate surface area is 61.6 Å². The van der Waals surface area contributed by atoms with E-state index in [1.54, 1.807) is 6.92 Å². The van der Waals surface area contributed by atoms with Gasteiger partial charge in [-0.1, -0.05) is 0 Å². The first-order valence-electron chi connectivity index (χ1n) is 3.45. The highest BCUT2D eigenvalue weighted by Crippen LogP contribution is 1.86. The lowest BCUT2D eigenvalue weighted by molar-refractivity contribution is -0.117. The first kappa shape index (κ1) is 9.59. The lowest BCUT2D eigenvalue weighted by Crippen LogP contribution is -2.24. The second-order valence-corrected chi connectivity index (χ2v) is 2.48. The van der Waals surface area contributed by atoms with Crippen molar-refractivity contribution < 1.29 is 9.90 Å². The van der Waals surface area contributed by atoms with Gasteiger partial charge >= 0.3 is 0 Å². The number of hydrogen-bond donors (Lipinski definition) is 1. The van der Waals surface area contributed by atoms with Gasteiger partial charge in [-0.05, 0) is 14.0 Å². The Kier molecular flexibility index (Phi) is 5.16. The summed E-state index contributed by atoms with van der Waals surface area (Å²) in [6, 6.07) is 0. The molecule has 0 heterocycles. The van der Waals surface area contributed by atoms with Crippen LogP contribution >= 0.6 is 0 Å². The van der Waals surface area contributed by atoms with Crippen LogP contribution in [0, 0.1) is 0 Å². The van der Waals surface area contributed by atoms with Crippen molar-refractivity contribution in [2.45, 2.75) is 13.3 Å². The van der Waals surface area contributed by atoms with Crippen molar-refractivity contribution in [3.8, 4) is 0 Å². The van der Waals surface area contributed by atoms with E-state index in [4.69, 9.17) is 5.11 Å². The second-order valence-electron chi connectivity index (χ2n) is 2.48. The molecule has 0 aliphatic heterocycles.